The molecule has 0 atom stereocenters. The molecule has 4 rings (SSSR count). The van der Waals surface area contributed by atoms with Crippen LogP contribution in [0.3, 0.4) is 0 Å². The number of piperidine rings is 1. The van der Waals surface area contributed by atoms with Crippen LogP contribution in [0.4, 0.5) is 5.95 Å². The molecule has 1 aliphatic heterocycles. The molecule has 3 aromatic rings. The Morgan fingerprint density at radius 3 is 2.41 bits per heavy atom. The number of ether oxygens (including phenoxy) is 1. The quantitative estimate of drug-likeness (QED) is 0.622. The van der Waals surface area contributed by atoms with E-state index in [9.17, 15) is 4.79 Å². The lowest BCUT2D eigenvalue weighted by atomic mass is 9.97. The molecule has 150 valence electrons. The second-order valence-corrected chi connectivity index (χ2v) is 7.42. The highest BCUT2D eigenvalue weighted by molar-refractivity contribution is 5.72. The summed E-state index contributed by atoms with van der Waals surface area (Å²) in [6, 6.07) is 11.8. The molecule has 29 heavy (non-hydrogen) atoms. The third-order valence-electron chi connectivity index (χ3n) is 5.23. The summed E-state index contributed by atoms with van der Waals surface area (Å²) < 4.78 is 7.48. The molecule has 0 spiro atoms. The van der Waals surface area contributed by atoms with Crippen molar-refractivity contribution >= 4 is 11.9 Å². The fourth-order valence-corrected chi connectivity index (χ4v) is 3.67. The molecular formula is C22H25N5O2. The second kappa shape index (κ2) is 8.43. The number of hydrogen-bond donors (Lipinski definition) is 0. The normalized spacial score (nSPS) is 14.8. The van der Waals surface area contributed by atoms with Gasteiger partial charge in [0.1, 0.15) is 6.61 Å². The van der Waals surface area contributed by atoms with Crippen molar-refractivity contribution in [3.05, 3.63) is 65.7 Å². The molecule has 1 aliphatic rings. The van der Waals surface area contributed by atoms with Gasteiger partial charge in [0, 0.05) is 31.2 Å². The third kappa shape index (κ3) is 4.45. The van der Waals surface area contributed by atoms with Crippen molar-refractivity contribution in [3.63, 3.8) is 0 Å². The van der Waals surface area contributed by atoms with E-state index in [0.29, 0.717) is 0 Å². The van der Waals surface area contributed by atoms with Crippen LogP contribution in [0.15, 0.2) is 48.8 Å². The minimum Gasteiger partial charge on any atom is -0.461 e. The second-order valence-electron chi connectivity index (χ2n) is 7.42. The molecule has 0 saturated carbocycles. The third-order valence-corrected chi connectivity index (χ3v) is 5.23. The first-order chi connectivity index (χ1) is 14.1. The van der Waals surface area contributed by atoms with Gasteiger partial charge in [-0.3, -0.25) is 4.79 Å². The Bertz CT molecular complexity index is 961. The minimum absolute atomic E-state index is 0.0658. The molecule has 3 heterocycles. The van der Waals surface area contributed by atoms with Gasteiger partial charge in [0.15, 0.2) is 0 Å². The predicted octanol–water partition coefficient (Wildman–Crippen LogP) is 3.24. The van der Waals surface area contributed by atoms with Crippen LogP contribution in [0.25, 0.3) is 5.69 Å². The van der Waals surface area contributed by atoms with Gasteiger partial charge in [0.05, 0.1) is 17.3 Å². The van der Waals surface area contributed by atoms with E-state index in [-0.39, 0.29) is 18.5 Å². The van der Waals surface area contributed by atoms with Gasteiger partial charge in [-0.05, 0) is 56.5 Å². The topological polar surface area (TPSA) is 73.1 Å². The SMILES string of the molecule is Cc1cc(C)n(-c2ccc(COC(=O)C3CCN(c4ncccn4)CC3)cc2)n1. The highest BCUT2D eigenvalue weighted by Gasteiger charge is 2.27. The van der Waals surface area contributed by atoms with Crippen LogP contribution in [0.5, 0.6) is 0 Å². The van der Waals surface area contributed by atoms with Gasteiger partial charge >= 0.3 is 5.97 Å². The molecule has 0 aliphatic carbocycles. The van der Waals surface area contributed by atoms with Crippen LogP contribution in [0.2, 0.25) is 0 Å². The first-order valence-corrected chi connectivity index (χ1v) is 9.91. The lowest BCUT2D eigenvalue weighted by molar-refractivity contribution is -0.150. The van der Waals surface area contributed by atoms with Crippen molar-refractivity contribution in [1.29, 1.82) is 0 Å². The van der Waals surface area contributed by atoms with Gasteiger partial charge < -0.3 is 9.64 Å². The van der Waals surface area contributed by atoms with Crippen LogP contribution in [0, 0.1) is 19.8 Å². The summed E-state index contributed by atoms with van der Waals surface area (Å²) in [5.74, 6) is 0.534. The van der Waals surface area contributed by atoms with Gasteiger partial charge in [0.25, 0.3) is 0 Å². The van der Waals surface area contributed by atoms with Crippen LogP contribution in [-0.2, 0) is 16.1 Å². The lowest BCUT2D eigenvalue weighted by Crippen LogP contribution is -2.37. The van der Waals surface area contributed by atoms with Crippen LogP contribution in [-0.4, -0.2) is 38.8 Å². The van der Waals surface area contributed by atoms with E-state index in [1.54, 1.807) is 18.5 Å². The van der Waals surface area contributed by atoms with E-state index in [2.05, 4.69) is 20.0 Å². The Morgan fingerprint density at radius 1 is 1.10 bits per heavy atom. The van der Waals surface area contributed by atoms with Crippen molar-refractivity contribution in [3.8, 4) is 5.69 Å². The molecule has 1 fully saturated rings. The monoisotopic (exact) mass is 391 g/mol. The van der Waals surface area contributed by atoms with E-state index in [1.165, 1.54) is 0 Å². The van der Waals surface area contributed by atoms with Crippen LogP contribution >= 0.6 is 0 Å². The fourth-order valence-electron chi connectivity index (χ4n) is 3.67. The molecule has 7 nitrogen and oxygen atoms in total. The van der Waals surface area contributed by atoms with E-state index in [1.807, 2.05) is 48.9 Å². The highest BCUT2D eigenvalue weighted by atomic mass is 16.5. The number of nitrogens with zero attached hydrogens (tertiary/aromatic N) is 5. The van der Waals surface area contributed by atoms with Crippen LogP contribution in [0.1, 0.15) is 29.8 Å². The Morgan fingerprint density at radius 2 is 1.79 bits per heavy atom. The van der Waals surface area contributed by atoms with E-state index in [0.717, 1.165) is 54.5 Å². The summed E-state index contributed by atoms with van der Waals surface area (Å²) in [5.41, 5.74) is 4.05. The van der Waals surface area contributed by atoms with Crippen molar-refractivity contribution in [2.45, 2.75) is 33.3 Å². The maximum Gasteiger partial charge on any atom is 0.309 e. The Balaban J connectivity index is 1.28. The average molecular weight is 391 g/mol. The zero-order valence-electron chi connectivity index (χ0n) is 16.8. The number of hydrogen-bond acceptors (Lipinski definition) is 6. The largest absolute Gasteiger partial charge is 0.461 e. The summed E-state index contributed by atoms with van der Waals surface area (Å²) in [6.07, 6.45) is 4.99. The first-order valence-electron chi connectivity index (χ1n) is 9.91. The van der Waals surface area contributed by atoms with E-state index < -0.39 is 0 Å². The number of aromatic nitrogens is 4. The van der Waals surface area contributed by atoms with Gasteiger partial charge in [0.2, 0.25) is 5.95 Å². The maximum atomic E-state index is 12.5. The number of benzene rings is 1. The smallest absolute Gasteiger partial charge is 0.309 e. The number of rotatable bonds is 5. The van der Waals surface area contributed by atoms with Crippen molar-refractivity contribution < 1.29 is 9.53 Å². The van der Waals surface area contributed by atoms with Crippen molar-refractivity contribution in [1.82, 2.24) is 19.7 Å². The number of aryl methyl sites for hydroxylation is 2. The molecular weight excluding hydrogens is 366 g/mol. The average Bonchev–Trinajstić information content (AvgIpc) is 3.11. The number of esters is 1. The number of carbonyl (C=O) groups is 1. The van der Waals surface area contributed by atoms with Gasteiger partial charge in [-0.2, -0.15) is 5.10 Å². The van der Waals surface area contributed by atoms with Gasteiger partial charge in [-0.1, -0.05) is 12.1 Å². The Kier molecular flexibility index (Phi) is 5.55. The number of carbonyl (C=O) groups excluding carboxylic acids is 1. The summed E-state index contributed by atoms with van der Waals surface area (Å²) in [6.45, 7) is 5.83. The molecule has 0 N–H and O–H groups in total. The van der Waals surface area contributed by atoms with Crippen LogP contribution < -0.4 is 4.90 Å². The molecule has 0 bridgehead atoms. The molecule has 1 aromatic carbocycles. The fraction of sp³-hybridized carbons (Fsp3) is 0.364. The minimum atomic E-state index is -0.124. The summed E-state index contributed by atoms with van der Waals surface area (Å²) in [4.78, 5) is 23.1. The van der Waals surface area contributed by atoms with Gasteiger partial charge in [-0.15, -0.1) is 0 Å². The van der Waals surface area contributed by atoms with E-state index in [4.69, 9.17) is 4.74 Å². The first kappa shape index (κ1) is 19.1. The molecule has 0 amide bonds. The lowest BCUT2D eigenvalue weighted by Gasteiger charge is -2.30. The Labute approximate surface area is 170 Å². The highest BCUT2D eigenvalue weighted by Crippen LogP contribution is 2.22. The summed E-state index contributed by atoms with van der Waals surface area (Å²) >= 11 is 0. The molecule has 7 heteroatoms. The van der Waals surface area contributed by atoms with Crippen molar-refractivity contribution in [2.75, 3.05) is 18.0 Å². The van der Waals surface area contributed by atoms with Gasteiger partial charge in [-0.25, -0.2) is 14.6 Å². The Hall–Kier alpha value is -3.22. The molecule has 0 radical (unpaired) electrons. The zero-order chi connectivity index (χ0) is 20.2. The maximum absolute atomic E-state index is 12.5. The number of anilines is 1. The summed E-state index contributed by atoms with van der Waals surface area (Å²) in [7, 11) is 0. The summed E-state index contributed by atoms with van der Waals surface area (Å²) in [5, 5.41) is 4.49. The molecule has 2 aromatic heterocycles. The zero-order valence-corrected chi connectivity index (χ0v) is 16.8. The standard InChI is InChI=1S/C22H25N5O2/c1-16-14-17(2)27(25-16)20-6-4-18(5-7-20)15-29-21(28)19-8-12-26(13-9-19)22-23-10-3-11-24-22/h3-7,10-11,14,19H,8-9,12-13,15H2,1-2H3. The molecule has 1 saturated heterocycles. The predicted molar refractivity (Wildman–Crippen MR) is 110 cm³/mol. The van der Waals surface area contributed by atoms with Crippen molar-refractivity contribution in [2.24, 2.45) is 5.92 Å². The van der Waals surface area contributed by atoms with E-state index >= 15 is 0 Å². The molecule has 0 unspecified atom stereocenters.